The van der Waals surface area contributed by atoms with Crippen molar-refractivity contribution >= 4 is 0 Å². The zero-order valence-corrected chi connectivity index (χ0v) is 6.54. The van der Waals surface area contributed by atoms with Gasteiger partial charge in [-0.3, -0.25) is 0 Å². The molecule has 0 unspecified atom stereocenters. The molecule has 0 atom stereocenters. The van der Waals surface area contributed by atoms with E-state index in [1.807, 2.05) is 0 Å². The summed E-state index contributed by atoms with van der Waals surface area (Å²) in [6, 6.07) is 0. The maximum absolute atomic E-state index is 4.76. The number of rotatable bonds is 6. The SMILES string of the molecule is COCCN=NCCOC. The summed E-state index contributed by atoms with van der Waals surface area (Å²) in [7, 11) is 3.29. The molecule has 0 N–H and O–H groups in total. The van der Waals surface area contributed by atoms with Gasteiger partial charge in [0.15, 0.2) is 0 Å². The number of methoxy groups -OCH3 is 2. The van der Waals surface area contributed by atoms with Crippen molar-refractivity contribution in [2.45, 2.75) is 0 Å². The summed E-state index contributed by atoms with van der Waals surface area (Å²) in [5.74, 6) is 0. The highest BCUT2D eigenvalue weighted by Crippen LogP contribution is 1.77. The van der Waals surface area contributed by atoms with Crippen LogP contribution in [0.2, 0.25) is 0 Å². The van der Waals surface area contributed by atoms with Crippen molar-refractivity contribution in [2.24, 2.45) is 10.2 Å². The zero-order chi connectivity index (χ0) is 7.66. The highest BCUT2D eigenvalue weighted by molar-refractivity contribution is 4.37. The van der Waals surface area contributed by atoms with Crippen molar-refractivity contribution in [1.82, 2.24) is 0 Å². The van der Waals surface area contributed by atoms with E-state index in [4.69, 9.17) is 9.47 Å². The van der Waals surface area contributed by atoms with Crippen LogP contribution in [0.4, 0.5) is 0 Å². The summed E-state index contributed by atoms with van der Waals surface area (Å²) in [5, 5.41) is 7.64. The maximum atomic E-state index is 4.76. The molecule has 0 saturated heterocycles. The van der Waals surface area contributed by atoms with Gasteiger partial charge in [0, 0.05) is 14.2 Å². The van der Waals surface area contributed by atoms with Crippen molar-refractivity contribution < 1.29 is 9.47 Å². The molecule has 0 saturated carbocycles. The van der Waals surface area contributed by atoms with Crippen LogP contribution < -0.4 is 0 Å². The van der Waals surface area contributed by atoms with Crippen LogP contribution in [-0.4, -0.2) is 40.5 Å². The number of ether oxygens (including phenoxy) is 2. The Morgan fingerprint density at radius 2 is 1.30 bits per heavy atom. The second-order valence-corrected chi connectivity index (χ2v) is 1.72. The molecule has 0 aliphatic rings. The van der Waals surface area contributed by atoms with Crippen molar-refractivity contribution in [3.63, 3.8) is 0 Å². The molecule has 0 aliphatic heterocycles. The Bertz CT molecular complexity index is 75.8. The highest BCUT2D eigenvalue weighted by atomic mass is 16.5. The molecule has 0 amide bonds. The molecule has 0 aromatic rings. The van der Waals surface area contributed by atoms with Crippen LogP contribution >= 0.6 is 0 Å². The van der Waals surface area contributed by atoms with E-state index in [0.29, 0.717) is 26.3 Å². The Morgan fingerprint density at radius 3 is 1.60 bits per heavy atom. The minimum atomic E-state index is 0.635. The number of hydrogen-bond donors (Lipinski definition) is 0. The summed E-state index contributed by atoms with van der Waals surface area (Å²) in [6.45, 7) is 2.55. The molecule has 0 aromatic heterocycles. The van der Waals surface area contributed by atoms with E-state index < -0.39 is 0 Å². The topological polar surface area (TPSA) is 43.2 Å². The normalized spacial score (nSPS) is 11.0. The average molecular weight is 146 g/mol. The third kappa shape index (κ3) is 7.52. The summed E-state index contributed by atoms with van der Waals surface area (Å²) in [6.07, 6.45) is 0. The predicted octanol–water partition coefficient (Wildman–Crippen LogP) is 0.731. The Morgan fingerprint density at radius 1 is 0.900 bits per heavy atom. The Labute approximate surface area is 61.2 Å². The molecule has 0 aromatic carbocycles. The van der Waals surface area contributed by atoms with Gasteiger partial charge in [0.05, 0.1) is 26.3 Å². The molecule has 4 heteroatoms. The molecule has 0 heterocycles. The van der Waals surface area contributed by atoms with E-state index in [1.54, 1.807) is 14.2 Å². The lowest BCUT2D eigenvalue weighted by Gasteiger charge is -1.91. The molecule has 10 heavy (non-hydrogen) atoms. The highest BCUT2D eigenvalue weighted by Gasteiger charge is 1.79. The second kappa shape index (κ2) is 8.52. The molecule has 60 valence electrons. The first-order valence-electron chi connectivity index (χ1n) is 3.23. The fourth-order valence-corrected chi connectivity index (χ4v) is 0.406. The van der Waals surface area contributed by atoms with Crippen LogP contribution in [-0.2, 0) is 9.47 Å². The van der Waals surface area contributed by atoms with Crippen LogP contribution in [0.3, 0.4) is 0 Å². The minimum absolute atomic E-state index is 0.635. The molecular weight excluding hydrogens is 132 g/mol. The molecule has 0 spiro atoms. The van der Waals surface area contributed by atoms with Crippen molar-refractivity contribution in [3.05, 3.63) is 0 Å². The summed E-state index contributed by atoms with van der Waals surface area (Å²) in [5.41, 5.74) is 0. The molecule has 0 radical (unpaired) electrons. The van der Waals surface area contributed by atoms with Crippen LogP contribution in [0.15, 0.2) is 10.2 Å². The largest absolute Gasteiger partial charge is 0.383 e. The molecule has 0 bridgehead atoms. The van der Waals surface area contributed by atoms with Gasteiger partial charge in [0.25, 0.3) is 0 Å². The van der Waals surface area contributed by atoms with Crippen molar-refractivity contribution in [2.75, 3.05) is 40.5 Å². The Hall–Kier alpha value is -0.480. The number of nitrogens with zero attached hydrogens (tertiary/aromatic N) is 2. The predicted molar refractivity (Wildman–Crippen MR) is 38.3 cm³/mol. The lowest BCUT2D eigenvalue weighted by molar-refractivity contribution is 0.200. The molecule has 4 nitrogen and oxygen atoms in total. The van der Waals surface area contributed by atoms with E-state index in [9.17, 15) is 0 Å². The summed E-state index contributed by atoms with van der Waals surface area (Å²) < 4.78 is 9.53. The van der Waals surface area contributed by atoms with Crippen LogP contribution in [0.1, 0.15) is 0 Å². The molecular formula is C6H14N2O2. The fraction of sp³-hybridized carbons (Fsp3) is 1.00. The second-order valence-electron chi connectivity index (χ2n) is 1.72. The lowest BCUT2D eigenvalue weighted by Crippen LogP contribution is -1.94. The van der Waals surface area contributed by atoms with Gasteiger partial charge in [-0.2, -0.15) is 10.2 Å². The van der Waals surface area contributed by atoms with E-state index >= 15 is 0 Å². The molecule has 0 aliphatic carbocycles. The number of azo groups is 1. The van der Waals surface area contributed by atoms with E-state index in [-0.39, 0.29) is 0 Å². The first-order valence-corrected chi connectivity index (χ1v) is 3.23. The van der Waals surface area contributed by atoms with Crippen molar-refractivity contribution in [3.8, 4) is 0 Å². The quantitative estimate of drug-likeness (QED) is 0.409. The smallest absolute Gasteiger partial charge is 0.0832 e. The van der Waals surface area contributed by atoms with Gasteiger partial charge in [-0.05, 0) is 0 Å². The van der Waals surface area contributed by atoms with Gasteiger partial charge >= 0.3 is 0 Å². The van der Waals surface area contributed by atoms with Gasteiger partial charge in [-0.15, -0.1) is 0 Å². The van der Waals surface area contributed by atoms with E-state index in [2.05, 4.69) is 10.2 Å². The maximum Gasteiger partial charge on any atom is 0.0832 e. The van der Waals surface area contributed by atoms with Crippen LogP contribution in [0.5, 0.6) is 0 Å². The summed E-state index contributed by atoms with van der Waals surface area (Å²) in [4.78, 5) is 0. The monoisotopic (exact) mass is 146 g/mol. The fourth-order valence-electron chi connectivity index (χ4n) is 0.406. The van der Waals surface area contributed by atoms with Gasteiger partial charge in [-0.1, -0.05) is 0 Å². The van der Waals surface area contributed by atoms with Crippen molar-refractivity contribution in [1.29, 1.82) is 0 Å². The lowest BCUT2D eigenvalue weighted by atomic mass is 10.7. The average Bonchev–Trinajstić information content (AvgIpc) is 1.97. The third-order valence-corrected chi connectivity index (χ3v) is 0.891. The third-order valence-electron chi connectivity index (χ3n) is 0.891. The zero-order valence-electron chi connectivity index (χ0n) is 6.54. The van der Waals surface area contributed by atoms with Crippen LogP contribution in [0.25, 0.3) is 0 Å². The summed E-state index contributed by atoms with van der Waals surface area (Å²) >= 11 is 0. The van der Waals surface area contributed by atoms with Gasteiger partial charge in [0.2, 0.25) is 0 Å². The standard InChI is InChI=1S/C6H14N2O2/c1-9-5-3-7-8-4-6-10-2/h3-6H2,1-2H3. The Kier molecular flexibility index (Phi) is 8.11. The number of hydrogen-bond acceptors (Lipinski definition) is 4. The van der Waals surface area contributed by atoms with E-state index in [0.717, 1.165) is 0 Å². The van der Waals surface area contributed by atoms with Gasteiger partial charge in [-0.25, -0.2) is 0 Å². The van der Waals surface area contributed by atoms with Gasteiger partial charge in [0.1, 0.15) is 0 Å². The van der Waals surface area contributed by atoms with Gasteiger partial charge < -0.3 is 9.47 Å². The van der Waals surface area contributed by atoms with Crippen LogP contribution in [0, 0.1) is 0 Å². The first-order chi connectivity index (χ1) is 4.91. The first kappa shape index (κ1) is 9.52. The minimum Gasteiger partial charge on any atom is -0.383 e. The Balaban J connectivity index is 2.89. The van der Waals surface area contributed by atoms with E-state index in [1.165, 1.54) is 0 Å². The molecule has 0 rings (SSSR count). The molecule has 0 fully saturated rings.